The Morgan fingerprint density at radius 1 is 0.632 bits per heavy atom. The van der Waals surface area contributed by atoms with Crippen LogP contribution >= 0.6 is 0 Å². The van der Waals surface area contributed by atoms with Gasteiger partial charge in [-0.25, -0.2) is 0 Å². The van der Waals surface area contributed by atoms with Crippen LogP contribution in [0.3, 0.4) is 0 Å². The molecule has 0 amide bonds. The first-order chi connectivity index (χ1) is 9.41. The fourth-order valence-corrected chi connectivity index (χ4v) is 2.12. The normalized spacial score (nSPS) is 11.6. The molecular weight excluding hydrogens is 232 g/mol. The van der Waals surface area contributed by atoms with Crippen molar-refractivity contribution in [2.24, 2.45) is 0 Å². The fourth-order valence-electron chi connectivity index (χ4n) is 2.12. The molecule has 0 fully saturated rings. The van der Waals surface area contributed by atoms with Gasteiger partial charge in [0.25, 0.3) is 0 Å². The zero-order chi connectivity index (χ0) is 14.0. The van der Waals surface area contributed by atoms with Crippen molar-refractivity contribution in [3.63, 3.8) is 0 Å². The van der Waals surface area contributed by atoms with Gasteiger partial charge < -0.3 is 4.79 Å². The van der Waals surface area contributed by atoms with Gasteiger partial charge in [-0.2, -0.15) is 0 Å². The monoisotopic (exact) mass is 264 g/mol. The van der Waals surface area contributed by atoms with E-state index in [0.717, 1.165) is 25.5 Å². The van der Waals surface area contributed by atoms with Crippen LogP contribution in [-0.4, -0.2) is 6.29 Å². The molecule has 19 heavy (non-hydrogen) atoms. The number of unbranched alkanes of at least 4 members (excludes halogenated alkanes) is 10. The SMILES string of the molecule is CC/C=C/C=C/CCCCCCCCCCCC=O. The summed E-state index contributed by atoms with van der Waals surface area (Å²) in [7, 11) is 0. The topological polar surface area (TPSA) is 17.1 Å². The zero-order valence-electron chi connectivity index (χ0n) is 12.8. The highest BCUT2D eigenvalue weighted by Crippen LogP contribution is 2.11. The first-order valence-electron chi connectivity index (χ1n) is 8.17. The lowest BCUT2D eigenvalue weighted by atomic mass is 10.1. The van der Waals surface area contributed by atoms with Crippen molar-refractivity contribution in [1.82, 2.24) is 0 Å². The van der Waals surface area contributed by atoms with Crippen LogP contribution < -0.4 is 0 Å². The Hall–Kier alpha value is -0.850. The second-order valence-electron chi connectivity index (χ2n) is 5.19. The standard InChI is InChI=1S/C18H32O/c1-2-3-4-5-6-7-8-9-10-11-12-13-14-15-16-17-18-19/h3-6,18H,2,7-17H2,1H3/b4-3+,6-5+. The van der Waals surface area contributed by atoms with Gasteiger partial charge in [-0.3, -0.25) is 0 Å². The number of rotatable bonds is 14. The molecule has 0 saturated carbocycles. The molecule has 0 heterocycles. The molecule has 1 heteroatoms. The van der Waals surface area contributed by atoms with E-state index >= 15 is 0 Å². The van der Waals surface area contributed by atoms with Crippen molar-refractivity contribution in [3.8, 4) is 0 Å². The van der Waals surface area contributed by atoms with E-state index in [2.05, 4.69) is 31.2 Å². The minimum Gasteiger partial charge on any atom is -0.303 e. The molecule has 0 aliphatic rings. The third-order valence-corrected chi connectivity index (χ3v) is 3.31. The average Bonchev–Trinajstić information content (AvgIpc) is 2.43. The van der Waals surface area contributed by atoms with Gasteiger partial charge in [0, 0.05) is 6.42 Å². The largest absolute Gasteiger partial charge is 0.303 e. The number of carbonyl (C=O) groups is 1. The third kappa shape index (κ3) is 17.1. The molecule has 0 aromatic carbocycles. The van der Waals surface area contributed by atoms with Gasteiger partial charge in [0.1, 0.15) is 6.29 Å². The van der Waals surface area contributed by atoms with Gasteiger partial charge >= 0.3 is 0 Å². The minimum atomic E-state index is 0.751. The maximum absolute atomic E-state index is 10.1. The Morgan fingerprint density at radius 3 is 1.63 bits per heavy atom. The van der Waals surface area contributed by atoms with Crippen LogP contribution in [0.25, 0.3) is 0 Å². The Labute approximate surface area is 120 Å². The smallest absolute Gasteiger partial charge is 0.119 e. The first kappa shape index (κ1) is 18.1. The van der Waals surface area contributed by atoms with Gasteiger partial charge in [0.2, 0.25) is 0 Å². The Balaban J connectivity index is 3.04. The molecule has 0 aliphatic heterocycles. The van der Waals surface area contributed by atoms with Crippen LogP contribution in [0.5, 0.6) is 0 Å². The lowest BCUT2D eigenvalue weighted by Gasteiger charge is -2.00. The van der Waals surface area contributed by atoms with E-state index in [0.29, 0.717) is 0 Å². The average molecular weight is 264 g/mol. The molecule has 1 nitrogen and oxygen atoms in total. The van der Waals surface area contributed by atoms with Crippen LogP contribution in [0.4, 0.5) is 0 Å². The van der Waals surface area contributed by atoms with Gasteiger partial charge in [-0.1, -0.05) is 76.2 Å². The number of carbonyl (C=O) groups excluding carboxylic acids is 1. The van der Waals surface area contributed by atoms with Crippen molar-refractivity contribution < 1.29 is 4.79 Å². The molecule has 0 bridgehead atoms. The number of hydrogen-bond donors (Lipinski definition) is 0. The lowest BCUT2D eigenvalue weighted by molar-refractivity contribution is -0.107. The minimum absolute atomic E-state index is 0.751. The van der Waals surface area contributed by atoms with Gasteiger partial charge in [-0.15, -0.1) is 0 Å². The fraction of sp³-hybridized carbons (Fsp3) is 0.722. The highest BCUT2D eigenvalue weighted by atomic mass is 16.1. The summed E-state index contributed by atoms with van der Waals surface area (Å²) < 4.78 is 0. The molecule has 0 aromatic heterocycles. The predicted molar refractivity (Wildman–Crippen MR) is 85.4 cm³/mol. The summed E-state index contributed by atoms with van der Waals surface area (Å²) in [5.74, 6) is 0. The molecule has 0 aromatic rings. The summed E-state index contributed by atoms with van der Waals surface area (Å²) in [6, 6.07) is 0. The van der Waals surface area contributed by atoms with Crippen LogP contribution in [0.1, 0.15) is 84.0 Å². The van der Waals surface area contributed by atoms with Crippen LogP contribution in [0, 0.1) is 0 Å². The number of aldehydes is 1. The van der Waals surface area contributed by atoms with Gasteiger partial charge in [0.05, 0.1) is 0 Å². The summed E-state index contributed by atoms with van der Waals surface area (Å²) in [6.07, 6.45) is 24.7. The van der Waals surface area contributed by atoms with E-state index in [1.807, 2.05) is 0 Å². The Morgan fingerprint density at radius 2 is 1.11 bits per heavy atom. The van der Waals surface area contributed by atoms with Crippen LogP contribution in [0.2, 0.25) is 0 Å². The third-order valence-electron chi connectivity index (χ3n) is 3.31. The van der Waals surface area contributed by atoms with Crippen LogP contribution in [0.15, 0.2) is 24.3 Å². The summed E-state index contributed by atoms with van der Waals surface area (Å²) in [5.41, 5.74) is 0. The van der Waals surface area contributed by atoms with Gasteiger partial charge in [-0.05, 0) is 25.7 Å². The lowest BCUT2D eigenvalue weighted by Crippen LogP contribution is -1.82. The molecule has 0 radical (unpaired) electrons. The van der Waals surface area contributed by atoms with E-state index in [4.69, 9.17) is 0 Å². The second kappa shape index (κ2) is 17.2. The molecule has 0 aliphatic carbocycles. The molecule has 0 atom stereocenters. The van der Waals surface area contributed by atoms with Gasteiger partial charge in [0.15, 0.2) is 0 Å². The molecule has 110 valence electrons. The van der Waals surface area contributed by atoms with E-state index < -0.39 is 0 Å². The number of allylic oxidation sites excluding steroid dienone is 4. The Bertz CT molecular complexity index is 228. The predicted octanol–water partition coefficient (Wildman–Crippen LogP) is 6.00. The van der Waals surface area contributed by atoms with E-state index in [-0.39, 0.29) is 0 Å². The molecule has 0 unspecified atom stereocenters. The molecule has 0 saturated heterocycles. The molecule has 0 spiro atoms. The van der Waals surface area contributed by atoms with E-state index in [9.17, 15) is 4.79 Å². The highest BCUT2D eigenvalue weighted by molar-refractivity contribution is 5.48. The van der Waals surface area contributed by atoms with Crippen LogP contribution in [-0.2, 0) is 4.79 Å². The van der Waals surface area contributed by atoms with Crippen molar-refractivity contribution in [1.29, 1.82) is 0 Å². The first-order valence-corrected chi connectivity index (χ1v) is 8.17. The van der Waals surface area contributed by atoms with E-state index in [1.54, 1.807) is 0 Å². The van der Waals surface area contributed by atoms with Crippen molar-refractivity contribution in [3.05, 3.63) is 24.3 Å². The molecule has 0 rings (SSSR count). The number of hydrogen-bond acceptors (Lipinski definition) is 1. The summed E-state index contributed by atoms with van der Waals surface area (Å²) in [6.45, 7) is 2.16. The zero-order valence-corrected chi connectivity index (χ0v) is 12.8. The summed E-state index contributed by atoms with van der Waals surface area (Å²) >= 11 is 0. The van der Waals surface area contributed by atoms with Crippen molar-refractivity contribution >= 4 is 6.29 Å². The second-order valence-corrected chi connectivity index (χ2v) is 5.19. The quantitative estimate of drug-likeness (QED) is 0.214. The van der Waals surface area contributed by atoms with Crippen molar-refractivity contribution in [2.75, 3.05) is 0 Å². The van der Waals surface area contributed by atoms with Crippen molar-refractivity contribution in [2.45, 2.75) is 84.0 Å². The summed E-state index contributed by atoms with van der Waals surface area (Å²) in [5, 5.41) is 0. The Kier molecular flexibility index (Phi) is 16.4. The summed E-state index contributed by atoms with van der Waals surface area (Å²) in [4.78, 5) is 10.1. The highest BCUT2D eigenvalue weighted by Gasteiger charge is 1.92. The molecular formula is C18H32O. The maximum Gasteiger partial charge on any atom is 0.119 e. The van der Waals surface area contributed by atoms with E-state index in [1.165, 1.54) is 57.8 Å². The molecule has 0 N–H and O–H groups in total. The maximum atomic E-state index is 10.1.